The van der Waals surface area contributed by atoms with Crippen molar-refractivity contribution >= 4 is 25.7 Å². The molecule has 0 amide bonds. The topological polar surface area (TPSA) is 60.4 Å². The molecule has 0 saturated heterocycles. The van der Waals surface area contributed by atoms with Gasteiger partial charge in [0.2, 0.25) is 0 Å². The van der Waals surface area contributed by atoms with Crippen LogP contribution in [0.5, 0.6) is 0 Å². The molecule has 1 aromatic carbocycles. The second kappa shape index (κ2) is 5.71. The van der Waals surface area contributed by atoms with Crippen molar-refractivity contribution in [2.24, 2.45) is 0 Å². The molecule has 1 aromatic rings. The molecule has 4 nitrogen and oxygen atoms in total. The van der Waals surface area contributed by atoms with Gasteiger partial charge in [0, 0.05) is 10.7 Å². The predicted molar refractivity (Wildman–Crippen MR) is 69.4 cm³/mol. The Morgan fingerprint density at radius 1 is 1.39 bits per heavy atom. The van der Waals surface area contributed by atoms with Crippen LogP contribution >= 0.6 is 10.7 Å². The molecule has 1 unspecified atom stereocenters. The summed E-state index contributed by atoms with van der Waals surface area (Å²) in [5, 5.41) is 0. The van der Waals surface area contributed by atoms with Gasteiger partial charge in [0.25, 0.3) is 9.05 Å². The smallest absolute Gasteiger partial charge is 0.338 e. The molecule has 18 heavy (non-hydrogen) atoms. The van der Waals surface area contributed by atoms with Gasteiger partial charge in [0.1, 0.15) is 0 Å². The third-order valence-electron chi connectivity index (χ3n) is 2.45. The van der Waals surface area contributed by atoms with Gasteiger partial charge in [-0.1, -0.05) is 6.92 Å². The van der Waals surface area contributed by atoms with Crippen molar-refractivity contribution in [2.45, 2.75) is 38.2 Å². The average molecular weight is 291 g/mol. The summed E-state index contributed by atoms with van der Waals surface area (Å²) in [4.78, 5) is 11.7. The quantitative estimate of drug-likeness (QED) is 0.632. The molecule has 0 saturated carbocycles. The van der Waals surface area contributed by atoms with Crippen molar-refractivity contribution in [2.75, 3.05) is 0 Å². The monoisotopic (exact) mass is 290 g/mol. The van der Waals surface area contributed by atoms with E-state index in [2.05, 4.69) is 0 Å². The van der Waals surface area contributed by atoms with Crippen LogP contribution in [0.2, 0.25) is 0 Å². The highest BCUT2D eigenvalue weighted by atomic mass is 35.7. The van der Waals surface area contributed by atoms with Crippen LogP contribution in [-0.4, -0.2) is 20.5 Å². The van der Waals surface area contributed by atoms with E-state index in [1.54, 1.807) is 19.9 Å². The molecule has 0 spiro atoms. The number of benzene rings is 1. The first-order chi connectivity index (χ1) is 8.24. The number of carbonyl (C=O) groups excluding carboxylic acids is 1. The van der Waals surface area contributed by atoms with Crippen LogP contribution in [0, 0.1) is 6.92 Å². The van der Waals surface area contributed by atoms with E-state index in [0.717, 1.165) is 0 Å². The molecular weight excluding hydrogens is 276 g/mol. The van der Waals surface area contributed by atoms with Crippen molar-refractivity contribution in [3.8, 4) is 0 Å². The van der Waals surface area contributed by atoms with E-state index in [1.165, 1.54) is 12.1 Å². The first kappa shape index (κ1) is 15.0. The molecule has 0 N–H and O–H groups in total. The summed E-state index contributed by atoms with van der Waals surface area (Å²) >= 11 is 0. The molecule has 0 aliphatic heterocycles. The minimum absolute atomic E-state index is 0.0970. The lowest BCUT2D eigenvalue weighted by atomic mass is 10.1. The van der Waals surface area contributed by atoms with Gasteiger partial charge in [-0.15, -0.1) is 0 Å². The van der Waals surface area contributed by atoms with Gasteiger partial charge in [0.15, 0.2) is 0 Å². The fourth-order valence-electron chi connectivity index (χ4n) is 1.34. The molecule has 0 aliphatic carbocycles. The summed E-state index contributed by atoms with van der Waals surface area (Å²) in [6.45, 7) is 5.35. The van der Waals surface area contributed by atoms with E-state index in [4.69, 9.17) is 15.4 Å². The molecule has 0 radical (unpaired) electrons. The van der Waals surface area contributed by atoms with E-state index in [9.17, 15) is 13.2 Å². The number of aryl methyl sites for hydroxylation is 1. The van der Waals surface area contributed by atoms with Gasteiger partial charge in [-0.25, -0.2) is 13.2 Å². The average Bonchev–Trinajstić information content (AvgIpc) is 2.26. The second-order valence-electron chi connectivity index (χ2n) is 4.10. The maximum Gasteiger partial charge on any atom is 0.338 e. The van der Waals surface area contributed by atoms with Crippen LogP contribution in [0.4, 0.5) is 0 Å². The standard InChI is InChI=1S/C12H15ClO4S/c1-4-9(3)17-12(14)10-5-8(2)6-11(7-10)18(13,15)16/h5-7,9H,4H2,1-3H3. The molecule has 0 aromatic heterocycles. The van der Waals surface area contributed by atoms with Crippen molar-refractivity contribution in [3.05, 3.63) is 29.3 Å². The number of rotatable bonds is 4. The summed E-state index contributed by atoms with van der Waals surface area (Å²) < 4.78 is 27.6. The SMILES string of the molecule is CCC(C)OC(=O)c1cc(C)cc(S(=O)(=O)Cl)c1. The fraction of sp³-hybridized carbons (Fsp3) is 0.417. The van der Waals surface area contributed by atoms with E-state index in [1.807, 2.05) is 6.92 Å². The normalized spacial score (nSPS) is 13.1. The van der Waals surface area contributed by atoms with Crippen molar-refractivity contribution in [1.82, 2.24) is 0 Å². The molecule has 0 aliphatic rings. The first-order valence-corrected chi connectivity index (χ1v) is 7.82. The zero-order valence-corrected chi connectivity index (χ0v) is 12.0. The van der Waals surface area contributed by atoms with Gasteiger partial charge in [-0.2, -0.15) is 0 Å². The van der Waals surface area contributed by atoms with Crippen LogP contribution in [0.1, 0.15) is 36.2 Å². The molecule has 100 valence electrons. The van der Waals surface area contributed by atoms with Gasteiger partial charge >= 0.3 is 5.97 Å². The number of carbonyl (C=O) groups is 1. The Bertz CT molecular complexity index is 551. The minimum Gasteiger partial charge on any atom is -0.459 e. The summed E-state index contributed by atoms with van der Waals surface area (Å²) in [6.07, 6.45) is 0.479. The summed E-state index contributed by atoms with van der Waals surface area (Å²) in [7, 11) is 1.41. The van der Waals surface area contributed by atoms with Crippen LogP contribution in [0.25, 0.3) is 0 Å². The zero-order valence-electron chi connectivity index (χ0n) is 10.4. The first-order valence-electron chi connectivity index (χ1n) is 5.51. The zero-order chi connectivity index (χ0) is 13.9. The Labute approximate surface area is 111 Å². The predicted octanol–water partition coefficient (Wildman–Crippen LogP) is 2.88. The Balaban J connectivity index is 3.11. The van der Waals surface area contributed by atoms with E-state index >= 15 is 0 Å². The Morgan fingerprint density at radius 2 is 2.00 bits per heavy atom. The maximum atomic E-state index is 11.8. The highest BCUT2D eigenvalue weighted by molar-refractivity contribution is 8.13. The Hall–Kier alpha value is -1.07. The van der Waals surface area contributed by atoms with Gasteiger partial charge in [-0.3, -0.25) is 0 Å². The van der Waals surface area contributed by atoms with Gasteiger partial charge in [-0.05, 0) is 44.0 Å². The van der Waals surface area contributed by atoms with E-state index in [-0.39, 0.29) is 16.6 Å². The highest BCUT2D eigenvalue weighted by Gasteiger charge is 2.16. The third-order valence-corrected chi connectivity index (χ3v) is 3.78. The molecule has 1 atom stereocenters. The lowest BCUT2D eigenvalue weighted by Gasteiger charge is -2.11. The Morgan fingerprint density at radius 3 is 2.50 bits per heavy atom. The van der Waals surface area contributed by atoms with Crippen molar-refractivity contribution in [1.29, 1.82) is 0 Å². The Kier molecular flexibility index (Phi) is 4.76. The molecule has 6 heteroatoms. The minimum atomic E-state index is -3.85. The summed E-state index contributed by atoms with van der Waals surface area (Å²) in [6, 6.07) is 4.19. The number of halogens is 1. The summed E-state index contributed by atoms with van der Waals surface area (Å²) in [5.74, 6) is -0.547. The number of hydrogen-bond acceptors (Lipinski definition) is 4. The molecular formula is C12H15ClO4S. The van der Waals surface area contributed by atoms with Crippen molar-refractivity contribution in [3.63, 3.8) is 0 Å². The van der Waals surface area contributed by atoms with Crippen molar-refractivity contribution < 1.29 is 17.9 Å². The number of ether oxygens (including phenoxy) is 1. The number of esters is 1. The number of hydrogen-bond donors (Lipinski definition) is 0. The highest BCUT2D eigenvalue weighted by Crippen LogP contribution is 2.19. The fourth-order valence-corrected chi connectivity index (χ4v) is 2.20. The van der Waals surface area contributed by atoms with Gasteiger partial charge < -0.3 is 4.74 Å². The molecule has 0 heterocycles. The van der Waals surface area contributed by atoms with Crippen LogP contribution in [0.15, 0.2) is 23.1 Å². The molecule has 1 rings (SSSR count). The van der Waals surface area contributed by atoms with Gasteiger partial charge in [0.05, 0.1) is 16.6 Å². The third kappa shape index (κ3) is 3.99. The summed E-state index contributed by atoms with van der Waals surface area (Å²) in [5.41, 5.74) is 0.822. The lowest BCUT2D eigenvalue weighted by molar-refractivity contribution is 0.0334. The molecule has 0 bridgehead atoms. The van der Waals surface area contributed by atoms with E-state index in [0.29, 0.717) is 12.0 Å². The van der Waals surface area contributed by atoms with Crippen LogP contribution in [0.3, 0.4) is 0 Å². The second-order valence-corrected chi connectivity index (χ2v) is 6.66. The van der Waals surface area contributed by atoms with Crippen LogP contribution in [-0.2, 0) is 13.8 Å². The van der Waals surface area contributed by atoms with E-state index < -0.39 is 15.0 Å². The molecule has 0 fully saturated rings. The van der Waals surface area contributed by atoms with Crippen LogP contribution < -0.4 is 0 Å². The lowest BCUT2D eigenvalue weighted by Crippen LogP contribution is -2.14. The maximum absolute atomic E-state index is 11.8. The largest absolute Gasteiger partial charge is 0.459 e.